The molecule has 0 saturated carbocycles. The molecule has 5 nitrogen and oxygen atoms in total. The lowest BCUT2D eigenvalue weighted by atomic mass is 10.2. The van der Waals surface area contributed by atoms with Crippen molar-refractivity contribution >= 4 is 5.97 Å². The topological polar surface area (TPSA) is 79.7 Å². The standard InChI is InChI=1S/C8H4F5NO4/c9-6(10)3-2(15)1-14-4(7(16)17)5(3)18-8(11,12)13/h1,6,15H,(H,16,17). The molecular weight excluding hydrogens is 269 g/mol. The average molecular weight is 273 g/mol. The maximum Gasteiger partial charge on any atom is 0.573 e. The number of hydrogen-bond donors (Lipinski definition) is 2. The molecule has 18 heavy (non-hydrogen) atoms. The van der Waals surface area contributed by atoms with Gasteiger partial charge >= 0.3 is 12.3 Å². The minimum atomic E-state index is -5.40. The summed E-state index contributed by atoms with van der Waals surface area (Å²) in [7, 11) is 0. The predicted octanol–water partition coefficient (Wildman–Crippen LogP) is 2.32. The Hall–Kier alpha value is -2.13. The Morgan fingerprint density at radius 1 is 1.39 bits per heavy atom. The Labute approximate surface area is 95.4 Å². The third-order valence-corrected chi connectivity index (χ3v) is 1.69. The van der Waals surface area contributed by atoms with Crippen molar-refractivity contribution in [2.75, 3.05) is 0 Å². The van der Waals surface area contributed by atoms with Crippen LogP contribution < -0.4 is 4.74 Å². The number of ether oxygens (including phenoxy) is 1. The van der Waals surface area contributed by atoms with Gasteiger partial charge in [0.2, 0.25) is 0 Å². The second-order valence-corrected chi connectivity index (χ2v) is 2.89. The molecule has 0 aliphatic carbocycles. The van der Waals surface area contributed by atoms with Gasteiger partial charge in [0.05, 0.1) is 6.20 Å². The largest absolute Gasteiger partial charge is 0.573 e. The highest BCUT2D eigenvalue weighted by Gasteiger charge is 2.37. The summed E-state index contributed by atoms with van der Waals surface area (Å²) in [5.74, 6) is -5.03. The number of hydrogen-bond acceptors (Lipinski definition) is 4. The first kappa shape index (κ1) is 13.9. The SMILES string of the molecule is O=C(O)c1ncc(O)c(C(F)F)c1OC(F)(F)F. The van der Waals surface area contributed by atoms with Gasteiger partial charge in [0.25, 0.3) is 6.43 Å². The van der Waals surface area contributed by atoms with E-state index in [0.717, 1.165) is 0 Å². The number of carbonyl (C=O) groups is 1. The molecule has 0 unspecified atom stereocenters. The summed E-state index contributed by atoms with van der Waals surface area (Å²) in [4.78, 5) is 13.5. The van der Waals surface area contributed by atoms with Crippen molar-refractivity contribution in [1.29, 1.82) is 0 Å². The fourth-order valence-electron chi connectivity index (χ4n) is 1.08. The Morgan fingerprint density at radius 3 is 2.33 bits per heavy atom. The lowest BCUT2D eigenvalue weighted by Gasteiger charge is -2.15. The van der Waals surface area contributed by atoms with Crippen LogP contribution in [0.3, 0.4) is 0 Å². The van der Waals surface area contributed by atoms with E-state index in [1.54, 1.807) is 0 Å². The zero-order valence-electron chi connectivity index (χ0n) is 8.20. The molecule has 0 amide bonds. The summed E-state index contributed by atoms with van der Waals surface area (Å²) in [6.07, 6.45) is -8.67. The molecule has 0 bridgehead atoms. The van der Waals surface area contributed by atoms with Crippen LogP contribution in [0.15, 0.2) is 6.20 Å². The maximum absolute atomic E-state index is 12.5. The summed E-state index contributed by atoms with van der Waals surface area (Å²) < 4.78 is 64.1. The molecule has 1 heterocycles. The predicted molar refractivity (Wildman–Crippen MR) is 44.5 cm³/mol. The molecule has 1 aromatic rings. The first-order chi connectivity index (χ1) is 8.13. The van der Waals surface area contributed by atoms with E-state index in [2.05, 4.69) is 9.72 Å². The normalized spacial score (nSPS) is 11.7. The molecule has 0 spiro atoms. The number of alkyl halides is 5. The number of pyridine rings is 1. The van der Waals surface area contributed by atoms with Crippen LogP contribution in [0.25, 0.3) is 0 Å². The molecule has 100 valence electrons. The minimum Gasteiger partial charge on any atom is -0.506 e. The molecule has 0 aliphatic heterocycles. The monoisotopic (exact) mass is 273 g/mol. The van der Waals surface area contributed by atoms with Crippen LogP contribution in [0.1, 0.15) is 22.5 Å². The van der Waals surface area contributed by atoms with Crippen LogP contribution in [-0.4, -0.2) is 27.5 Å². The molecule has 10 heteroatoms. The van der Waals surface area contributed by atoms with Crippen molar-refractivity contribution in [2.45, 2.75) is 12.8 Å². The Kier molecular flexibility index (Phi) is 3.58. The molecule has 0 aromatic carbocycles. The molecule has 0 saturated heterocycles. The van der Waals surface area contributed by atoms with E-state index < -0.39 is 41.5 Å². The highest BCUT2D eigenvalue weighted by Crippen LogP contribution is 2.40. The van der Waals surface area contributed by atoms with Crippen molar-refractivity contribution in [3.8, 4) is 11.5 Å². The first-order valence-corrected chi connectivity index (χ1v) is 4.12. The van der Waals surface area contributed by atoms with Crippen LogP contribution in [0.4, 0.5) is 22.0 Å². The number of carboxylic acids is 1. The highest BCUT2D eigenvalue weighted by molar-refractivity contribution is 5.89. The van der Waals surface area contributed by atoms with E-state index in [-0.39, 0.29) is 0 Å². The number of halogens is 5. The minimum absolute atomic E-state index is 0.300. The van der Waals surface area contributed by atoms with E-state index >= 15 is 0 Å². The number of aromatic hydroxyl groups is 1. The Balaban J connectivity index is 3.48. The third kappa shape index (κ3) is 2.96. The zero-order chi connectivity index (χ0) is 14.1. The summed E-state index contributed by atoms with van der Waals surface area (Å²) in [6, 6.07) is 0. The zero-order valence-corrected chi connectivity index (χ0v) is 8.20. The van der Waals surface area contributed by atoms with Crippen molar-refractivity contribution in [3.63, 3.8) is 0 Å². The van der Waals surface area contributed by atoms with Gasteiger partial charge in [0.1, 0.15) is 11.3 Å². The summed E-state index contributed by atoms with van der Waals surface area (Å²) in [5, 5.41) is 17.5. The van der Waals surface area contributed by atoms with Gasteiger partial charge in [-0.05, 0) is 0 Å². The second kappa shape index (κ2) is 4.63. The Morgan fingerprint density at radius 2 is 1.94 bits per heavy atom. The van der Waals surface area contributed by atoms with Gasteiger partial charge < -0.3 is 14.9 Å². The quantitative estimate of drug-likeness (QED) is 0.826. The molecule has 0 fully saturated rings. The number of nitrogens with zero attached hydrogens (tertiary/aromatic N) is 1. The van der Waals surface area contributed by atoms with Gasteiger partial charge in [-0.2, -0.15) is 0 Å². The van der Waals surface area contributed by atoms with E-state index in [4.69, 9.17) is 10.2 Å². The Bertz CT molecular complexity index is 473. The van der Waals surface area contributed by atoms with Gasteiger partial charge in [-0.3, -0.25) is 0 Å². The molecule has 0 atom stereocenters. The van der Waals surface area contributed by atoms with Crippen LogP contribution in [-0.2, 0) is 0 Å². The second-order valence-electron chi connectivity index (χ2n) is 2.89. The van der Waals surface area contributed by atoms with Crippen molar-refractivity contribution in [3.05, 3.63) is 17.5 Å². The maximum atomic E-state index is 12.5. The van der Waals surface area contributed by atoms with E-state index in [9.17, 15) is 26.7 Å². The van der Waals surface area contributed by atoms with E-state index in [1.807, 2.05) is 0 Å². The summed E-state index contributed by atoms with van der Waals surface area (Å²) in [6.45, 7) is 0. The van der Waals surface area contributed by atoms with Crippen LogP contribution in [0.5, 0.6) is 11.5 Å². The average Bonchev–Trinajstić information content (AvgIpc) is 2.13. The summed E-state index contributed by atoms with van der Waals surface area (Å²) in [5.41, 5.74) is -2.96. The van der Waals surface area contributed by atoms with Crippen molar-refractivity contribution < 1.29 is 41.7 Å². The van der Waals surface area contributed by atoms with Gasteiger partial charge in [0, 0.05) is 0 Å². The third-order valence-electron chi connectivity index (χ3n) is 1.69. The van der Waals surface area contributed by atoms with E-state index in [1.165, 1.54) is 0 Å². The van der Waals surface area contributed by atoms with Gasteiger partial charge in [0.15, 0.2) is 11.4 Å². The molecule has 1 aromatic heterocycles. The number of rotatable bonds is 3. The molecule has 0 aliphatic rings. The van der Waals surface area contributed by atoms with E-state index in [0.29, 0.717) is 6.20 Å². The van der Waals surface area contributed by atoms with Crippen LogP contribution in [0, 0.1) is 0 Å². The molecule has 1 rings (SSSR count). The van der Waals surface area contributed by atoms with Gasteiger partial charge in [-0.1, -0.05) is 0 Å². The van der Waals surface area contributed by atoms with Gasteiger partial charge in [-0.15, -0.1) is 13.2 Å². The summed E-state index contributed by atoms with van der Waals surface area (Å²) >= 11 is 0. The van der Waals surface area contributed by atoms with Crippen LogP contribution >= 0.6 is 0 Å². The number of aromatic carboxylic acids is 1. The fourth-order valence-corrected chi connectivity index (χ4v) is 1.08. The lowest BCUT2D eigenvalue weighted by molar-refractivity contribution is -0.275. The highest BCUT2D eigenvalue weighted by atomic mass is 19.4. The van der Waals surface area contributed by atoms with Crippen LogP contribution in [0.2, 0.25) is 0 Å². The molecular formula is C8H4F5NO4. The fraction of sp³-hybridized carbons (Fsp3) is 0.250. The first-order valence-electron chi connectivity index (χ1n) is 4.12. The van der Waals surface area contributed by atoms with Crippen molar-refractivity contribution in [1.82, 2.24) is 4.98 Å². The van der Waals surface area contributed by atoms with Crippen molar-refractivity contribution in [2.24, 2.45) is 0 Å². The molecule has 0 radical (unpaired) electrons. The smallest absolute Gasteiger partial charge is 0.506 e. The number of carboxylic acid groups (broad SMARTS) is 1. The number of aromatic nitrogens is 1. The molecule has 2 N–H and O–H groups in total. The lowest BCUT2D eigenvalue weighted by Crippen LogP contribution is -2.21. The van der Waals surface area contributed by atoms with Gasteiger partial charge in [-0.25, -0.2) is 18.6 Å².